The number of hydrogen-bond acceptors (Lipinski definition) is 6. The molecule has 2 aliphatic heterocycles. The van der Waals surface area contributed by atoms with E-state index < -0.39 is 0 Å². The van der Waals surface area contributed by atoms with Gasteiger partial charge in [0, 0.05) is 63.8 Å². The van der Waals surface area contributed by atoms with Crippen LogP contribution >= 0.6 is 0 Å². The van der Waals surface area contributed by atoms with E-state index in [2.05, 4.69) is 142 Å². The molecule has 3 heterocycles. The van der Waals surface area contributed by atoms with E-state index in [-0.39, 0.29) is 33.1 Å². The third-order valence-electron chi connectivity index (χ3n) is 9.75. The van der Waals surface area contributed by atoms with Crippen molar-refractivity contribution < 1.29 is 0 Å². The Labute approximate surface area is 279 Å². The maximum atomic E-state index is 5.18. The lowest BCUT2D eigenvalue weighted by molar-refractivity contribution is 0.0805. The topological polar surface area (TPSA) is 55.5 Å². The number of rotatable bonds is 13. The van der Waals surface area contributed by atoms with Gasteiger partial charge in [0.05, 0.1) is 0 Å². The zero-order valence-corrected chi connectivity index (χ0v) is 32.4. The van der Waals surface area contributed by atoms with Crippen molar-refractivity contribution in [1.82, 2.24) is 20.5 Å². The molecule has 0 radical (unpaired) electrons. The number of aryl methyl sites for hydroxylation is 1. The van der Waals surface area contributed by atoms with E-state index in [1.165, 1.54) is 50.8 Å². The molecule has 2 aliphatic rings. The van der Waals surface area contributed by atoms with Crippen LogP contribution in [0.15, 0.2) is 12.1 Å². The van der Waals surface area contributed by atoms with Crippen molar-refractivity contribution >= 4 is 11.5 Å². The Hall–Kier alpha value is -1.37. The number of piperidine rings is 2. The van der Waals surface area contributed by atoms with Crippen LogP contribution in [0.2, 0.25) is 0 Å². The first-order chi connectivity index (χ1) is 20.4. The van der Waals surface area contributed by atoms with Crippen LogP contribution < -0.4 is 20.9 Å². The number of hydrogen-bond donors (Lipinski definition) is 3. The molecule has 260 valence electrons. The van der Waals surface area contributed by atoms with Gasteiger partial charge >= 0.3 is 0 Å². The summed E-state index contributed by atoms with van der Waals surface area (Å²) in [5.41, 5.74) is 3.11. The normalized spacial score (nSPS) is 22.0. The van der Waals surface area contributed by atoms with Crippen molar-refractivity contribution in [2.24, 2.45) is 5.41 Å². The molecular weight excluding hydrogens is 552 g/mol. The van der Waals surface area contributed by atoms with E-state index in [9.17, 15) is 0 Å². The Kier molecular flexibility index (Phi) is 11.9. The minimum absolute atomic E-state index is 0.000310. The first-order valence-corrected chi connectivity index (χ1v) is 18.2. The average molecular weight is 627 g/mol. The molecule has 0 atom stereocenters. The van der Waals surface area contributed by atoms with Gasteiger partial charge in [-0.05, 0) is 146 Å². The van der Waals surface area contributed by atoms with E-state index in [1.54, 1.807) is 0 Å². The molecule has 1 aromatic heterocycles. The highest BCUT2D eigenvalue weighted by atomic mass is 15.2. The summed E-state index contributed by atoms with van der Waals surface area (Å²) in [6.07, 6.45) is 10.8. The predicted octanol–water partition coefficient (Wildman–Crippen LogP) is 8.93. The first-order valence-electron chi connectivity index (χ1n) is 18.2. The minimum Gasteiger partial charge on any atom is -0.380 e. The third kappa shape index (κ3) is 12.6. The van der Waals surface area contributed by atoms with Crippen LogP contribution in [0, 0.1) is 12.3 Å². The second-order valence-electron chi connectivity index (χ2n) is 19.6. The van der Waals surface area contributed by atoms with Crippen molar-refractivity contribution in [3.63, 3.8) is 0 Å². The van der Waals surface area contributed by atoms with E-state index in [0.717, 1.165) is 37.3 Å². The standard InChI is InChI=1S/C39H74N6/c1-29-22-30(41-39(13,14)28-34(2,3)4)23-33(40-29)45(32-26-37(9,10)43-38(11,12)27-32)21-19-17-16-18-20-44(15)31-24-35(5,6)42-36(7,8)25-31/h22-23,31-32,42-43H,16-21,24-28H2,1-15H3,(H,40,41). The molecule has 0 aliphatic carbocycles. The van der Waals surface area contributed by atoms with Crippen LogP contribution in [-0.4, -0.2) is 69.8 Å². The minimum atomic E-state index is -0.000310. The van der Waals surface area contributed by atoms with Gasteiger partial charge in [-0.25, -0.2) is 4.98 Å². The summed E-state index contributed by atoms with van der Waals surface area (Å²) in [5.74, 6) is 1.14. The number of unbranched alkanes of at least 4 members (excludes halogenated alkanes) is 3. The van der Waals surface area contributed by atoms with Gasteiger partial charge in [-0.15, -0.1) is 0 Å². The largest absolute Gasteiger partial charge is 0.380 e. The molecule has 0 bridgehead atoms. The molecule has 0 aromatic carbocycles. The second kappa shape index (κ2) is 14.0. The zero-order chi connectivity index (χ0) is 34.1. The van der Waals surface area contributed by atoms with Gasteiger partial charge in [0.1, 0.15) is 5.82 Å². The highest BCUT2D eigenvalue weighted by Gasteiger charge is 2.41. The molecular formula is C39H74N6. The molecule has 45 heavy (non-hydrogen) atoms. The summed E-state index contributed by atoms with van der Waals surface area (Å²) in [4.78, 5) is 10.5. The third-order valence-corrected chi connectivity index (χ3v) is 9.75. The van der Waals surface area contributed by atoms with E-state index in [4.69, 9.17) is 4.98 Å². The number of aromatic nitrogens is 1. The fourth-order valence-electron chi connectivity index (χ4n) is 9.36. The Morgan fingerprint density at radius 1 is 0.733 bits per heavy atom. The lowest BCUT2D eigenvalue weighted by Crippen LogP contribution is -2.62. The van der Waals surface area contributed by atoms with Crippen LogP contribution in [0.25, 0.3) is 0 Å². The van der Waals surface area contributed by atoms with E-state index in [1.807, 2.05) is 0 Å². The monoisotopic (exact) mass is 627 g/mol. The van der Waals surface area contributed by atoms with Gasteiger partial charge in [-0.2, -0.15) is 0 Å². The molecule has 0 amide bonds. The summed E-state index contributed by atoms with van der Waals surface area (Å²) in [6.45, 7) is 35.0. The summed E-state index contributed by atoms with van der Waals surface area (Å²) >= 11 is 0. The number of nitrogens with one attached hydrogen (secondary N) is 3. The van der Waals surface area contributed by atoms with E-state index in [0.29, 0.717) is 12.1 Å². The van der Waals surface area contributed by atoms with Crippen molar-refractivity contribution in [2.75, 3.05) is 30.4 Å². The molecule has 3 N–H and O–H groups in total. The number of pyridine rings is 1. The summed E-state index contributed by atoms with van der Waals surface area (Å²) < 4.78 is 0. The Balaban J connectivity index is 1.69. The fraction of sp³-hybridized carbons (Fsp3) is 0.872. The quantitative estimate of drug-likeness (QED) is 0.190. The van der Waals surface area contributed by atoms with Crippen LogP contribution in [0.5, 0.6) is 0 Å². The molecule has 1 aromatic rings. The van der Waals surface area contributed by atoms with Crippen LogP contribution in [0.4, 0.5) is 11.5 Å². The Morgan fingerprint density at radius 2 is 1.20 bits per heavy atom. The maximum absolute atomic E-state index is 5.18. The van der Waals surface area contributed by atoms with Gasteiger partial charge < -0.3 is 25.8 Å². The maximum Gasteiger partial charge on any atom is 0.131 e. The van der Waals surface area contributed by atoms with Crippen LogP contribution in [-0.2, 0) is 0 Å². The Bertz CT molecular complexity index is 1060. The number of anilines is 2. The predicted molar refractivity (Wildman–Crippen MR) is 198 cm³/mol. The van der Waals surface area contributed by atoms with E-state index >= 15 is 0 Å². The highest BCUT2D eigenvalue weighted by molar-refractivity contribution is 5.56. The lowest BCUT2D eigenvalue weighted by atomic mass is 9.79. The van der Waals surface area contributed by atoms with Crippen molar-refractivity contribution in [2.45, 2.75) is 194 Å². The highest BCUT2D eigenvalue weighted by Crippen LogP contribution is 2.36. The molecule has 0 unspecified atom stereocenters. The van der Waals surface area contributed by atoms with Crippen LogP contribution in [0.3, 0.4) is 0 Å². The van der Waals surface area contributed by atoms with Crippen LogP contribution in [0.1, 0.15) is 153 Å². The SMILES string of the molecule is Cc1cc(NC(C)(C)CC(C)(C)C)cc(N(CCCCCCN(C)C2CC(C)(C)NC(C)(C)C2)C2CC(C)(C)NC(C)(C)C2)n1. The zero-order valence-electron chi connectivity index (χ0n) is 32.4. The van der Waals surface area contributed by atoms with Crippen molar-refractivity contribution in [1.29, 1.82) is 0 Å². The van der Waals surface area contributed by atoms with Gasteiger partial charge in [0.2, 0.25) is 0 Å². The fourth-order valence-corrected chi connectivity index (χ4v) is 9.36. The van der Waals surface area contributed by atoms with Gasteiger partial charge in [-0.1, -0.05) is 33.6 Å². The second-order valence-corrected chi connectivity index (χ2v) is 19.6. The number of nitrogens with zero attached hydrogens (tertiary/aromatic N) is 3. The smallest absolute Gasteiger partial charge is 0.131 e. The molecule has 6 heteroatoms. The molecule has 2 saturated heterocycles. The molecule has 0 saturated carbocycles. The molecule has 2 fully saturated rings. The molecule has 0 spiro atoms. The average Bonchev–Trinajstić information content (AvgIpc) is 2.76. The molecule has 6 nitrogen and oxygen atoms in total. The van der Waals surface area contributed by atoms with Crippen molar-refractivity contribution in [3.05, 3.63) is 17.8 Å². The van der Waals surface area contributed by atoms with Gasteiger partial charge in [0.25, 0.3) is 0 Å². The van der Waals surface area contributed by atoms with Crippen molar-refractivity contribution in [3.8, 4) is 0 Å². The lowest BCUT2D eigenvalue weighted by Gasteiger charge is -2.50. The molecule has 3 rings (SSSR count). The van der Waals surface area contributed by atoms with Gasteiger partial charge in [-0.3, -0.25) is 0 Å². The Morgan fingerprint density at radius 3 is 1.69 bits per heavy atom. The van der Waals surface area contributed by atoms with Gasteiger partial charge in [0.15, 0.2) is 0 Å². The first kappa shape index (κ1) is 38.1. The summed E-state index contributed by atoms with van der Waals surface area (Å²) in [6, 6.07) is 5.67. The summed E-state index contributed by atoms with van der Waals surface area (Å²) in [5, 5.41) is 11.6. The summed E-state index contributed by atoms with van der Waals surface area (Å²) in [7, 11) is 2.35.